The number of benzene rings is 3. The van der Waals surface area contributed by atoms with E-state index in [0.29, 0.717) is 5.56 Å². The van der Waals surface area contributed by atoms with Crippen LogP contribution in [-0.4, -0.2) is 10.5 Å². The first-order valence-corrected chi connectivity index (χ1v) is 8.79. The van der Waals surface area contributed by atoms with Crippen LogP contribution in [0.3, 0.4) is 0 Å². The molecule has 1 atom stereocenters. The number of hydrogen-bond donors (Lipinski definition) is 1. The van der Waals surface area contributed by atoms with Gasteiger partial charge in [-0.15, -0.1) is 0 Å². The molecule has 0 amide bonds. The molecule has 1 aliphatic heterocycles. The largest absolute Gasteiger partial charge is 0.372 e. The molecule has 0 saturated heterocycles. The Balaban J connectivity index is 1.85. The van der Waals surface area contributed by atoms with Gasteiger partial charge in [-0.2, -0.15) is 0 Å². The van der Waals surface area contributed by atoms with Gasteiger partial charge in [0, 0.05) is 11.1 Å². The molecule has 1 aromatic heterocycles. The molecule has 0 fully saturated rings. The lowest BCUT2D eigenvalue weighted by Crippen LogP contribution is -2.16. The number of aromatic nitrogens is 1. The summed E-state index contributed by atoms with van der Waals surface area (Å²) in [6.07, 6.45) is 0. The number of nitrogens with zero attached hydrogens (tertiary/aromatic N) is 1. The van der Waals surface area contributed by atoms with Crippen molar-refractivity contribution in [1.29, 1.82) is 0 Å². The molecule has 0 radical (unpaired) electrons. The van der Waals surface area contributed by atoms with Crippen molar-refractivity contribution < 1.29 is 4.79 Å². The molecule has 126 valence electrons. The SMILES string of the molecule is Cc1ccc2c(c1)cc1n2C(=O)c2ccccc2NC1c1ccccc1. The van der Waals surface area contributed by atoms with E-state index in [1.807, 2.05) is 53.1 Å². The number of fused-ring (bicyclic) bond motifs is 4. The van der Waals surface area contributed by atoms with E-state index in [2.05, 4.69) is 42.6 Å². The average molecular weight is 338 g/mol. The van der Waals surface area contributed by atoms with E-state index in [4.69, 9.17) is 0 Å². The highest BCUT2D eigenvalue weighted by Crippen LogP contribution is 2.36. The third kappa shape index (κ3) is 2.17. The molecule has 1 aliphatic rings. The van der Waals surface area contributed by atoms with Crippen molar-refractivity contribution in [3.63, 3.8) is 0 Å². The second kappa shape index (κ2) is 5.60. The van der Waals surface area contributed by atoms with Crippen molar-refractivity contribution in [2.75, 3.05) is 5.32 Å². The summed E-state index contributed by atoms with van der Waals surface area (Å²) in [5.74, 6) is 0.0142. The molecule has 3 nitrogen and oxygen atoms in total. The van der Waals surface area contributed by atoms with E-state index in [1.54, 1.807) is 0 Å². The maximum absolute atomic E-state index is 13.4. The number of hydrogen-bond acceptors (Lipinski definition) is 2. The fourth-order valence-corrected chi connectivity index (χ4v) is 3.84. The molecule has 0 aliphatic carbocycles. The third-order valence-electron chi connectivity index (χ3n) is 5.07. The van der Waals surface area contributed by atoms with Crippen molar-refractivity contribution in [3.05, 3.63) is 101 Å². The molecule has 2 heterocycles. The summed E-state index contributed by atoms with van der Waals surface area (Å²) in [5, 5.41) is 4.69. The number of rotatable bonds is 1. The van der Waals surface area contributed by atoms with Crippen molar-refractivity contribution in [2.24, 2.45) is 0 Å². The Labute approximate surface area is 151 Å². The van der Waals surface area contributed by atoms with E-state index in [9.17, 15) is 4.79 Å². The molecule has 5 rings (SSSR count). The van der Waals surface area contributed by atoms with E-state index in [-0.39, 0.29) is 11.9 Å². The lowest BCUT2D eigenvalue weighted by Gasteiger charge is -2.19. The third-order valence-corrected chi connectivity index (χ3v) is 5.07. The lowest BCUT2D eigenvalue weighted by atomic mass is 10.0. The van der Waals surface area contributed by atoms with E-state index in [1.165, 1.54) is 5.56 Å². The van der Waals surface area contributed by atoms with Crippen molar-refractivity contribution in [3.8, 4) is 0 Å². The monoisotopic (exact) mass is 338 g/mol. The predicted molar refractivity (Wildman–Crippen MR) is 105 cm³/mol. The maximum atomic E-state index is 13.4. The van der Waals surface area contributed by atoms with Gasteiger partial charge in [-0.1, -0.05) is 54.1 Å². The minimum Gasteiger partial charge on any atom is -0.372 e. The molecule has 0 bridgehead atoms. The van der Waals surface area contributed by atoms with Gasteiger partial charge in [0.2, 0.25) is 0 Å². The number of anilines is 1. The molecule has 1 unspecified atom stereocenters. The van der Waals surface area contributed by atoms with Crippen LogP contribution in [0.2, 0.25) is 0 Å². The average Bonchev–Trinajstić information content (AvgIpc) is 2.99. The summed E-state index contributed by atoms with van der Waals surface area (Å²) in [6.45, 7) is 2.08. The first kappa shape index (κ1) is 15.0. The zero-order valence-electron chi connectivity index (χ0n) is 14.4. The van der Waals surface area contributed by atoms with Crippen molar-refractivity contribution in [2.45, 2.75) is 13.0 Å². The van der Waals surface area contributed by atoms with Crippen LogP contribution in [0.15, 0.2) is 78.9 Å². The Morgan fingerprint density at radius 1 is 0.885 bits per heavy atom. The lowest BCUT2D eigenvalue weighted by molar-refractivity contribution is 0.0964. The molecule has 4 aromatic rings. The standard InChI is InChI=1S/C23H18N2O/c1-15-11-12-20-17(13-15)14-21-22(16-7-3-2-4-8-16)24-19-10-6-5-9-18(19)23(26)25(20)21/h2-14,22,24H,1H3. The smallest absolute Gasteiger partial charge is 0.264 e. The van der Waals surface area contributed by atoms with Crippen LogP contribution >= 0.6 is 0 Å². The molecular weight excluding hydrogens is 320 g/mol. The van der Waals surface area contributed by atoms with Gasteiger partial charge < -0.3 is 5.32 Å². The molecule has 3 heteroatoms. The number of aryl methyl sites for hydroxylation is 1. The topological polar surface area (TPSA) is 34.0 Å². The number of carbonyl (C=O) groups excluding carboxylic acids is 1. The highest BCUT2D eigenvalue weighted by atomic mass is 16.2. The molecule has 1 N–H and O–H groups in total. The highest BCUT2D eigenvalue weighted by Gasteiger charge is 2.29. The van der Waals surface area contributed by atoms with Crippen LogP contribution in [0.25, 0.3) is 10.9 Å². The van der Waals surface area contributed by atoms with Gasteiger partial charge in [0.05, 0.1) is 22.8 Å². The van der Waals surface area contributed by atoms with Crippen LogP contribution < -0.4 is 5.32 Å². The molecular formula is C23H18N2O. The summed E-state index contributed by atoms with van der Waals surface area (Å²) in [5.41, 5.74) is 5.82. The molecule has 3 aromatic carbocycles. The van der Waals surface area contributed by atoms with Crippen LogP contribution in [0, 0.1) is 6.92 Å². The van der Waals surface area contributed by atoms with E-state index >= 15 is 0 Å². The summed E-state index contributed by atoms with van der Waals surface area (Å²) in [7, 11) is 0. The highest BCUT2D eigenvalue weighted by molar-refractivity contribution is 6.07. The van der Waals surface area contributed by atoms with Gasteiger partial charge >= 0.3 is 0 Å². The predicted octanol–water partition coefficient (Wildman–Crippen LogP) is 5.15. The quantitative estimate of drug-likeness (QED) is 0.520. The molecule has 26 heavy (non-hydrogen) atoms. The van der Waals surface area contributed by atoms with E-state index < -0.39 is 0 Å². The Bertz CT molecular complexity index is 1140. The fourth-order valence-electron chi connectivity index (χ4n) is 3.84. The Morgan fingerprint density at radius 2 is 1.65 bits per heavy atom. The second-order valence-electron chi connectivity index (χ2n) is 6.81. The minimum atomic E-state index is -0.0866. The zero-order chi connectivity index (χ0) is 17.7. The summed E-state index contributed by atoms with van der Waals surface area (Å²) >= 11 is 0. The summed E-state index contributed by atoms with van der Waals surface area (Å²) < 4.78 is 1.87. The Hall–Kier alpha value is -3.33. The fraction of sp³-hybridized carbons (Fsp3) is 0.0870. The van der Waals surface area contributed by atoms with Gasteiger partial charge in [-0.25, -0.2) is 0 Å². The minimum absolute atomic E-state index is 0.0142. The first-order chi connectivity index (χ1) is 12.7. The van der Waals surface area contributed by atoms with Crippen LogP contribution in [-0.2, 0) is 0 Å². The van der Waals surface area contributed by atoms with Crippen molar-refractivity contribution >= 4 is 22.5 Å². The number of para-hydroxylation sites is 1. The van der Waals surface area contributed by atoms with Crippen LogP contribution in [0.4, 0.5) is 5.69 Å². The maximum Gasteiger partial charge on any atom is 0.264 e. The zero-order valence-corrected chi connectivity index (χ0v) is 14.4. The van der Waals surface area contributed by atoms with Crippen molar-refractivity contribution in [1.82, 2.24) is 4.57 Å². The Kier molecular flexibility index (Phi) is 3.22. The van der Waals surface area contributed by atoms with Gasteiger partial charge in [0.15, 0.2) is 0 Å². The normalized spacial score (nSPS) is 15.9. The van der Waals surface area contributed by atoms with E-state index in [0.717, 1.165) is 27.8 Å². The molecule has 0 spiro atoms. The Morgan fingerprint density at radius 3 is 2.50 bits per heavy atom. The van der Waals surface area contributed by atoms with Gasteiger partial charge in [0.25, 0.3) is 5.91 Å². The first-order valence-electron chi connectivity index (χ1n) is 8.79. The summed E-state index contributed by atoms with van der Waals surface area (Å²) in [6, 6.07) is 26.3. The summed E-state index contributed by atoms with van der Waals surface area (Å²) in [4.78, 5) is 13.4. The second-order valence-corrected chi connectivity index (χ2v) is 6.81. The number of carbonyl (C=O) groups is 1. The van der Waals surface area contributed by atoms with Gasteiger partial charge in [-0.3, -0.25) is 9.36 Å². The van der Waals surface area contributed by atoms with Crippen LogP contribution in [0.5, 0.6) is 0 Å². The van der Waals surface area contributed by atoms with Gasteiger partial charge in [-0.05, 0) is 42.8 Å². The van der Waals surface area contributed by atoms with Crippen LogP contribution in [0.1, 0.15) is 33.2 Å². The number of nitrogens with one attached hydrogen (secondary N) is 1. The molecule has 0 saturated carbocycles. The van der Waals surface area contributed by atoms with Gasteiger partial charge in [0.1, 0.15) is 0 Å².